The van der Waals surface area contributed by atoms with Gasteiger partial charge >= 0.3 is 0 Å². The predicted octanol–water partition coefficient (Wildman–Crippen LogP) is 3.04. The molecule has 2 aromatic carbocycles. The van der Waals surface area contributed by atoms with E-state index in [1.165, 1.54) is 6.26 Å². The maximum absolute atomic E-state index is 13.2. The number of anilines is 2. The van der Waals surface area contributed by atoms with E-state index in [0.29, 0.717) is 53.7 Å². The molecule has 2 amide bonds. The van der Waals surface area contributed by atoms with E-state index in [1.54, 1.807) is 54.6 Å². The lowest BCUT2D eigenvalue weighted by Gasteiger charge is -2.29. The Labute approximate surface area is 237 Å². The van der Waals surface area contributed by atoms with E-state index in [1.807, 2.05) is 0 Å². The van der Waals surface area contributed by atoms with Crippen molar-refractivity contribution in [3.63, 3.8) is 0 Å². The first-order valence-electron chi connectivity index (χ1n) is 13.6. The summed E-state index contributed by atoms with van der Waals surface area (Å²) in [5, 5.41) is 14.9. The number of allylic oxidation sites excluding steroid dienone is 1. The van der Waals surface area contributed by atoms with E-state index < -0.39 is 18.1 Å². The number of para-hydroxylation sites is 3. The second-order valence-electron chi connectivity index (χ2n) is 9.49. The molecule has 1 aliphatic heterocycles. The Morgan fingerprint density at radius 3 is 2.68 bits per heavy atom. The van der Waals surface area contributed by atoms with Crippen LogP contribution in [0.25, 0.3) is 11.0 Å². The zero-order chi connectivity index (χ0) is 29.0. The number of ether oxygens (including phenoxy) is 3. The first kappa shape index (κ1) is 29.8. The first-order chi connectivity index (χ1) is 20.0. The molecule has 0 radical (unpaired) electrons. The van der Waals surface area contributed by atoms with Crippen molar-refractivity contribution in [2.75, 3.05) is 44.0 Å². The number of aliphatic hydroxyl groups excluding tert-OH is 1. The van der Waals surface area contributed by atoms with Gasteiger partial charge in [0.15, 0.2) is 11.2 Å². The fourth-order valence-electron chi connectivity index (χ4n) is 4.41. The molecule has 0 aliphatic carbocycles. The molecular formula is C30H35N3O8. The highest BCUT2D eigenvalue weighted by Gasteiger charge is 2.30. The molecule has 11 nitrogen and oxygen atoms in total. The molecule has 0 fully saturated rings. The van der Waals surface area contributed by atoms with Gasteiger partial charge in [0.2, 0.25) is 12.2 Å². The summed E-state index contributed by atoms with van der Waals surface area (Å²) in [7, 11) is 0. The molecule has 0 saturated carbocycles. The topological polar surface area (TPSA) is 162 Å². The standard InChI is InChI=1S/C30H35N3O8/c31-23-8-2-3-9-24(23)33-27(35)11-5-6-12-32-30(37)26-17-20(18-28(41-26)39-16-15-38-14-13-34)22-19-40-25-10-4-1-7-21(25)29(22)36/h1-4,7-10,17,19-20,28,34H,5-6,11-16,18,31H2,(H,32,37)(H,33,35)/t20-,28+/m0/s1. The maximum Gasteiger partial charge on any atom is 0.286 e. The number of benzene rings is 2. The van der Waals surface area contributed by atoms with Gasteiger partial charge in [0.05, 0.1) is 49.5 Å². The Kier molecular flexibility index (Phi) is 10.9. The summed E-state index contributed by atoms with van der Waals surface area (Å²) in [4.78, 5) is 38.4. The average molecular weight is 566 g/mol. The van der Waals surface area contributed by atoms with Gasteiger partial charge in [0.1, 0.15) is 5.58 Å². The van der Waals surface area contributed by atoms with Crippen LogP contribution in [0.5, 0.6) is 0 Å². The van der Waals surface area contributed by atoms with Crippen LogP contribution in [0.2, 0.25) is 0 Å². The zero-order valence-electron chi connectivity index (χ0n) is 22.7. The normalized spacial score (nSPS) is 16.6. The van der Waals surface area contributed by atoms with Crippen LogP contribution < -0.4 is 21.8 Å². The molecular weight excluding hydrogens is 530 g/mol. The van der Waals surface area contributed by atoms with Crippen LogP contribution in [-0.2, 0) is 23.8 Å². The fourth-order valence-corrected chi connectivity index (χ4v) is 4.41. The average Bonchev–Trinajstić information content (AvgIpc) is 2.98. The van der Waals surface area contributed by atoms with E-state index in [0.717, 1.165) is 0 Å². The van der Waals surface area contributed by atoms with Crippen LogP contribution in [0.3, 0.4) is 0 Å². The Bertz CT molecular complexity index is 1420. The molecule has 218 valence electrons. The lowest BCUT2D eigenvalue weighted by atomic mass is 9.93. The zero-order valence-corrected chi connectivity index (χ0v) is 22.7. The summed E-state index contributed by atoms with van der Waals surface area (Å²) in [5.74, 6) is -1.06. The number of nitrogens with two attached hydrogens (primary N) is 1. The van der Waals surface area contributed by atoms with E-state index >= 15 is 0 Å². The molecule has 2 atom stereocenters. The van der Waals surface area contributed by atoms with Crippen molar-refractivity contribution in [1.29, 1.82) is 0 Å². The van der Waals surface area contributed by atoms with Crippen LogP contribution in [0, 0.1) is 0 Å². The van der Waals surface area contributed by atoms with Gasteiger partial charge in [-0.25, -0.2) is 0 Å². The Balaban J connectivity index is 1.35. The smallest absolute Gasteiger partial charge is 0.286 e. The highest BCUT2D eigenvalue weighted by atomic mass is 16.7. The second kappa shape index (κ2) is 15.0. The number of unbranched alkanes of at least 4 members (excludes halogenated alkanes) is 1. The van der Waals surface area contributed by atoms with E-state index in [4.69, 9.17) is 29.5 Å². The lowest BCUT2D eigenvalue weighted by Crippen LogP contribution is -2.34. The van der Waals surface area contributed by atoms with Gasteiger partial charge in [-0.3, -0.25) is 14.4 Å². The third kappa shape index (κ3) is 8.40. The molecule has 0 spiro atoms. The van der Waals surface area contributed by atoms with Gasteiger partial charge in [-0.1, -0.05) is 24.3 Å². The molecule has 2 heterocycles. The molecule has 1 aromatic heterocycles. The quantitative estimate of drug-likeness (QED) is 0.170. The van der Waals surface area contributed by atoms with Crippen molar-refractivity contribution in [1.82, 2.24) is 5.32 Å². The third-order valence-electron chi connectivity index (χ3n) is 6.51. The number of aliphatic hydroxyl groups is 1. The number of hydrogen-bond donors (Lipinski definition) is 4. The van der Waals surface area contributed by atoms with Gasteiger partial charge in [-0.2, -0.15) is 0 Å². The molecule has 1 aliphatic rings. The summed E-state index contributed by atoms with van der Waals surface area (Å²) in [6.45, 7) is 0.822. The molecule has 0 saturated heterocycles. The summed E-state index contributed by atoms with van der Waals surface area (Å²) in [6, 6.07) is 14.0. The molecule has 0 bridgehead atoms. The Morgan fingerprint density at radius 1 is 1.05 bits per heavy atom. The number of hydrogen-bond acceptors (Lipinski definition) is 9. The van der Waals surface area contributed by atoms with Gasteiger partial charge in [-0.05, 0) is 43.2 Å². The van der Waals surface area contributed by atoms with Crippen molar-refractivity contribution in [2.45, 2.75) is 37.9 Å². The van der Waals surface area contributed by atoms with Gasteiger partial charge < -0.3 is 40.1 Å². The molecule has 3 aromatic rings. The van der Waals surface area contributed by atoms with Crippen LogP contribution in [0.1, 0.15) is 37.2 Å². The largest absolute Gasteiger partial charge is 0.464 e. The lowest BCUT2D eigenvalue weighted by molar-refractivity contribution is -0.151. The van der Waals surface area contributed by atoms with Gasteiger partial charge in [0.25, 0.3) is 5.91 Å². The van der Waals surface area contributed by atoms with Crippen molar-refractivity contribution < 1.29 is 33.3 Å². The minimum atomic E-state index is -0.802. The summed E-state index contributed by atoms with van der Waals surface area (Å²) >= 11 is 0. The van der Waals surface area contributed by atoms with Crippen molar-refractivity contribution in [3.05, 3.63) is 82.4 Å². The Hall–Kier alpha value is -4.19. The predicted molar refractivity (Wildman–Crippen MR) is 153 cm³/mol. The molecule has 11 heteroatoms. The van der Waals surface area contributed by atoms with Gasteiger partial charge in [-0.15, -0.1) is 0 Å². The number of nitrogen functional groups attached to an aromatic ring is 1. The summed E-state index contributed by atoms with van der Waals surface area (Å²) < 4.78 is 22.5. The molecule has 41 heavy (non-hydrogen) atoms. The summed E-state index contributed by atoms with van der Waals surface area (Å²) in [5.41, 5.74) is 7.61. The van der Waals surface area contributed by atoms with E-state index in [9.17, 15) is 14.4 Å². The number of amides is 2. The van der Waals surface area contributed by atoms with Crippen LogP contribution in [0.15, 0.2) is 75.8 Å². The van der Waals surface area contributed by atoms with Crippen LogP contribution >= 0.6 is 0 Å². The molecule has 0 unspecified atom stereocenters. The number of nitrogens with one attached hydrogen (secondary N) is 2. The fraction of sp³-hybridized carbons (Fsp3) is 0.367. The highest BCUT2D eigenvalue weighted by molar-refractivity contribution is 5.93. The number of carbonyl (C=O) groups is 2. The number of rotatable bonds is 14. The van der Waals surface area contributed by atoms with E-state index in [2.05, 4.69) is 10.6 Å². The van der Waals surface area contributed by atoms with Crippen molar-refractivity contribution >= 4 is 34.2 Å². The minimum Gasteiger partial charge on any atom is -0.464 e. The van der Waals surface area contributed by atoms with Crippen LogP contribution in [0.4, 0.5) is 11.4 Å². The second-order valence-corrected chi connectivity index (χ2v) is 9.49. The number of carbonyl (C=O) groups excluding carboxylic acids is 2. The Morgan fingerprint density at radius 2 is 1.85 bits per heavy atom. The summed E-state index contributed by atoms with van der Waals surface area (Å²) in [6.07, 6.45) is 3.91. The van der Waals surface area contributed by atoms with Crippen molar-refractivity contribution in [2.24, 2.45) is 0 Å². The highest BCUT2D eigenvalue weighted by Crippen LogP contribution is 2.31. The number of fused-ring (bicyclic) bond motifs is 1. The van der Waals surface area contributed by atoms with Crippen molar-refractivity contribution in [3.8, 4) is 0 Å². The van der Waals surface area contributed by atoms with Crippen LogP contribution in [-0.4, -0.2) is 56.2 Å². The molecule has 4 rings (SSSR count). The van der Waals surface area contributed by atoms with Gasteiger partial charge in [0, 0.05) is 30.9 Å². The maximum atomic E-state index is 13.2. The SMILES string of the molecule is Nc1ccccc1NC(=O)CCCCNC(=O)C1=C[C@H](c2coc3ccccc3c2=O)C[C@H](OCCOCCO)O1. The monoisotopic (exact) mass is 565 g/mol. The first-order valence-corrected chi connectivity index (χ1v) is 13.6. The third-order valence-corrected chi connectivity index (χ3v) is 6.51. The molecule has 5 N–H and O–H groups in total. The van der Waals surface area contributed by atoms with E-state index in [-0.39, 0.29) is 49.9 Å². The minimum absolute atomic E-state index is 0.0346.